The highest BCUT2D eigenvalue weighted by molar-refractivity contribution is 8.00. The fourth-order valence-corrected chi connectivity index (χ4v) is 1.83. The molecule has 0 rings (SSSR count). The van der Waals surface area contributed by atoms with Crippen molar-refractivity contribution in [2.24, 2.45) is 0 Å². The molecule has 0 spiro atoms. The minimum absolute atomic E-state index is 0.0619. The molecular weight excluding hydrogens is 198 g/mol. The maximum Gasteiger partial charge on any atom is 0.319 e. The molecule has 14 heavy (non-hydrogen) atoms. The van der Waals surface area contributed by atoms with Crippen molar-refractivity contribution in [2.45, 2.75) is 45.0 Å². The summed E-state index contributed by atoms with van der Waals surface area (Å²) < 4.78 is 5.09. The normalized spacial score (nSPS) is 12.2. The third-order valence-corrected chi connectivity index (χ3v) is 2.89. The fraction of sp³-hybridized carbons (Fsp3) is 0.800. The Morgan fingerprint density at radius 2 is 2.21 bits per heavy atom. The minimum Gasteiger partial charge on any atom is -0.462 e. The van der Waals surface area contributed by atoms with Crippen LogP contribution in [0.3, 0.4) is 0 Å². The largest absolute Gasteiger partial charge is 0.462 e. The summed E-state index contributed by atoms with van der Waals surface area (Å²) in [6.45, 7) is 5.63. The predicted octanol–water partition coefficient (Wildman–Crippen LogP) is 2.36. The summed E-state index contributed by atoms with van der Waals surface area (Å²) in [7, 11) is 0. The molecular formula is C10H17NO2S. The van der Waals surface area contributed by atoms with Gasteiger partial charge in [-0.05, 0) is 20.3 Å². The second-order valence-corrected chi connectivity index (χ2v) is 4.47. The van der Waals surface area contributed by atoms with Gasteiger partial charge in [-0.1, -0.05) is 6.92 Å². The van der Waals surface area contributed by atoms with Crippen molar-refractivity contribution in [2.75, 3.05) is 5.75 Å². The molecule has 0 aliphatic rings. The lowest BCUT2D eigenvalue weighted by atomic mass is 10.3. The molecule has 4 heteroatoms. The summed E-state index contributed by atoms with van der Waals surface area (Å²) in [6.07, 6.45) is 1.17. The molecule has 0 aromatic heterocycles. The van der Waals surface area contributed by atoms with E-state index in [1.807, 2.05) is 20.8 Å². The average molecular weight is 215 g/mol. The molecule has 0 heterocycles. The van der Waals surface area contributed by atoms with Gasteiger partial charge in [-0.15, -0.1) is 11.8 Å². The quantitative estimate of drug-likeness (QED) is 0.504. The number of thioether (sulfide) groups is 1. The molecule has 0 fully saturated rings. The Balaban J connectivity index is 3.88. The summed E-state index contributed by atoms with van der Waals surface area (Å²) in [6, 6.07) is 2.05. The number of hydrogen-bond donors (Lipinski definition) is 0. The van der Waals surface area contributed by atoms with E-state index in [1.54, 1.807) is 0 Å². The van der Waals surface area contributed by atoms with Crippen LogP contribution in [-0.2, 0) is 9.53 Å². The Hall–Kier alpha value is -0.690. The van der Waals surface area contributed by atoms with Crippen LogP contribution in [-0.4, -0.2) is 23.1 Å². The highest BCUT2D eigenvalue weighted by Crippen LogP contribution is 2.17. The van der Waals surface area contributed by atoms with E-state index in [0.717, 1.165) is 6.42 Å². The number of ether oxygens (including phenoxy) is 1. The number of nitrogens with zero attached hydrogens (tertiary/aromatic N) is 1. The van der Waals surface area contributed by atoms with Crippen molar-refractivity contribution >= 4 is 17.7 Å². The maximum absolute atomic E-state index is 11.5. The molecule has 0 aliphatic heterocycles. The molecule has 0 aromatic rings. The Bertz CT molecular complexity index is 211. The zero-order valence-electron chi connectivity index (χ0n) is 8.95. The Labute approximate surface area is 89.8 Å². The monoisotopic (exact) mass is 215 g/mol. The summed E-state index contributed by atoms with van der Waals surface area (Å²) >= 11 is 1.50. The molecule has 80 valence electrons. The van der Waals surface area contributed by atoms with Crippen LogP contribution < -0.4 is 0 Å². The van der Waals surface area contributed by atoms with Crippen molar-refractivity contribution in [3.05, 3.63) is 0 Å². The third kappa shape index (κ3) is 5.87. The van der Waals surface area contributed by atoms with Crippen LogP contribution in [0, 0.1) is 11.3 Å². The van der Waals surface area contributed by atoms with Gasteiger partial charge in [0.15, 0.2) is 0 Å². The first-order valence-electron chi connectivity index (χ1n) is 4.80. The molecule has 1 unspecified atom stereocenters. The van der Waals surface area contributed by atoms with E-state index in [9.17, 15) is 4.79 Å². The van der Waals surface area contributed by atoms with Crippen molar-refractivity contribution in [1.82, 2.24) is 0 Å². The number of carbonyl (C=O) groups excluding carboxylic acids is 1. The lowest BCUT2D eigenvalue weighted by Crippen LogP contribution is -2.23. The van der Waals surface area contributed by atoms with Crippen LogP contribution in [0.2, 0.25) is 0 Å². The van der Waals surface area contributed by atoms with Crippen LogP contribution in [0.25, 0.3) is 0 Å². The maximum atomic E-state index is 11.5. The van der Waals surface area contributed by atoms with Gasteiger partial charge in [0, 0.05) is 12.2 Å². The van der Waals surface area contributed by atoms with E-state index in [1.165, 1.54) is 11.8 Å². The number of esters is 1. The molecule has 0 N–H and O–H groups in total. The molecule has 0 saturated carbocycles. The molecule has 3 nitrogen and oxygen atoms in total. The summed E-state index contributed by atoms with van der Waals surface area (Å²) in [4.78, 5) is 11.5. The van der Waals surface area contributed by atoms with Crippen molar-refractivity contribution in [1.29, 1.82) is 5.26 Å². The first kappa shape index (κ1) is 13.3. The van der Waals surface area contributed by atoms with Crippen molar-refractivity contribution < 1.29 is 9.53 Å². The highest BCUT2D eigenvalue weighted by atomic mass is 32.2. The van der Waals surface area contributed by atoms with Crippen molar-refractivity contribution in [3.63, 3.8) is 0 Å². The molecule has 0 aromatic carbocycles. The molecule has 0 bridgehead atoms. The molecule has 0 aliphatic carbocycles. The van der Waals surface area contributed by atoms with Gasteiger partial charge < -0.3 is 4.74 Å². The topological polar surface area (TPSA) is 50.1 Å². The van der Waals surface area contributed by atoms with Gasteiger partial charge >= 0.3 is 5.97 Å². The van der Waals surface area contributed by atoms with Gasteiger partial charge in [0.1, 0.15) is 5.25 Å². The van der Waals surface area contributed by atoms with Crippen LogP contribution in [0.15, 0.2) is 0 Å². The first-order chi connectivity index (χ1) is 6.61. The van der Waals surface area contributed by atoms with Gasteiger partial charge in [-0.25, -0.2) is 0 Å². The Kier molecular flexibility index (Phi) is 7.31. The van der Waals surface area contributed by atoms with Crippen molar-refractivity contribution in [3.8, 4) is 6.07 Å². The number of carbonyl (C=O) groups is 1. The van der Waals surface area contributed by atoms with Gasteiger partial charge in [-0.2, -0.15) is 5.26 Å². The van der Waals surface area contributed by atoms with Gasteiger partial charge in [0.2, 0.25) is 0 Å². The van der Waals surface area contributed by atoms with Gasteiger partial charge in [-0.3, -0.25) is 4.79 Å². The molecule has 0 saturated heterocycles. The summed E-state index contributed by atoms with van der Waals surface area (Å²) in [5.41, 5.74) is 0. The lowest BCUT2D eigenvalue weighted by Gasteiger charge is -2.15. The lowest BCUT2D eigenvalue weighted by molar-refractivity contribution is -0.146. The smallest absolute Gasteiger partial charge is 0.319 e. The fourth-order valence-electron chi connectivity index (χ4n) is 0.908. The van der Waals surface area contributed by atoms with Gasteiger partial charge in [0.25, 0.3) is 0 Å². The Morgan fingerprint density at radius 3 is 2.64 bits per heavy atom. The van der Waals surface area contributed by atoms with E-state index in [2.05, 4.69) is 6.07 Å². The summed E-state index contributed by atoms with van der Waals surface area (Å²) in [5, 5.41) is 8.24. The molecule has 0 amide bonds. The molecule has 0 radical (unpaired) electrons. The Morgan fingerprint density at radius 1 is 1.57 bits per heavy atom. The third-order valence-electron chi connectivity index (χ3n) is 1.52. The zero-order chi connectivity index (χ0) is 11.0. The van der Waals surface area contributed by atoms with E-state index in [0.29, 0.717) is 12.2 Å². The highest BCUT2D eigenvalue weighted by Gasteiger charge is 2.18. The zero-order valence-corrected chi connectivity index (χ0v) is 9.76. The second kappa shape index (κ2) is 7.69. The van der Waals surface area contributed by atoms with E-state index in [-0.39, 0.29) is 17.3 Å². The summed E-state index contributed by atoms with van der Waals surface area (Å²) in [5.74, 6) is 0.535. The van der Waals surface area contributed by atoms with Crippen LogP contribution in [0.4, 0.5) is 0 Å². The van der Waals surface area contributed by atoms with Crippen LogP contribution in [0.1, 0.15) is 33.6 Å². The van der Waals surface area contributed by atoms with E-state index in [4.69, 9.17) is 10.00 Å². The number of nitriles is 1. The van der Waals surface area contributed by atoms with Crippen LogP contribution in [0.5, 0.6) is 0 Å². The predicted molar refractivity (Wildman–Crippen MR) is 58.0 cm³/mol. The average Bonchev–Trinajstić information content (AvgIpc) is 2.11. The van der Waals surface area contributed by atoms with Crippen LogP contribution >= 0.6 is 11.8 Å². The molecule has 1 atom stereocenters. The first-order valence-corrected chi connectivity index (χ1v) is 5.85. The van der Waals surface area contributed by atoms with E-state index >= 15 is 0 Å². The van der Waals surface area contributed by atoms with E-state index < -0.39 is 0 Å². The minimum atomic E-state index is -0.162. The second-order valence-electron chi connectivity index (χ2n) is 3.16. The number of rotatable bonds is 6. The standard InChI is InChI=1S/C10H17NO2S/c1-4-9(14-7-5-6-11)10(12)13-8(2)3/h8-9H,4-5,7H2,1-3H3. The van der Waals surface area contributed by atoms with Gasteiger partial charge in [0.05, 0.1) is 12.2 Å². The number of hydrogen-bond acceptors (Lipinski definition) is 4. The SMILES string of the molecule is CCC(SCCC#N)C(=O)OC(C)C.